The Morgan fingerprint density at radius 1 is 0.909 bits per heavy atom. The number of nitro benzene ring substituents is 1. The molecule has 0 aliphatic carbocycles. The van der Waals surface area contributed by atoms with Gasteiger partial charge in [0.05, 0.1) is 10.8 Å². The molecule has 0 unspecified atom stereocenters. The number of carboxylic acid groups (broad SMARTS) is 1. The SMILES string of the molecule is O=C(c1ccccc1)c1ccc(Nc2ccc([N+](=O)[O-])c(N3CCC(C(=O)O)CC3)c2)cc1. The van der Waals surface area contributed by atoms with Crippen LogP contribution in [0, 0.1) is 16.0 Å². The fourth-order valence-electron chi connectivity index (χ4n) is 4.00. The predicted octanol–water partition coefficient (Wildman–Crippen LogP) is 4.87. The van der Waals surface area contributed by atoms with E-state index in [0.29, 0.717) is 48.4 Å². The highest BCUT2D eigenvalue weighted by atomic mass is 16.6. The monoisotopic (exact) mass is 445 g/mol. The lowest BCUT2D eigenvalue weighted by Crippen LogP contribution is -2.36. The molecule has 1 fully saturated rings. The van der Waals surface area contributed by atoms with Gasteiger partial charge in [-0.3, -0.25) is 19.7 Å². The van der Waals surface area contributed by atoms with Crippen molar-refractivity contribution in [3.63, 3.8) is 0 Å². The van der Waals surface area contributed by atoms with Crippen LogP contribution in [0.1, 0.15) is 28.8 Å². The normalized spacial score (nSPS) is 14.0. The smallest absolute Gasteiger partial charge is 0.306 e. The van der Waals surface area contributed by atoms with E-state index in [1.165, 1.54) is 6.07 Å². The van der Waals surface area contributed by atoms with E-state index in [2.05, 4.69) is 5.32 Å². The second kappa shape index (κ2) is 9.52. The number of aliphatic carboxylic acids is 1. The summed E-state index contributed by atoms with van der Waals surface area (Å²) in [6.07, 6.45) is 0.891. The van der Waals surface area contributed by atoms with Crippen molar-refractivity contribution in [2.45, 2.75) is 12.8 Å². The van der Waals surface area contributed by atoms with Crippen molar-refractivity contribution in [1.82, 2.24) is 0 Å². The molecule has 0 aromatic heterocycles. The average Bonchev–Trinajstić information content (AvgIpc) is 2.84. The predicted molar refractivity (Wildman–Crippen MR) is 125 cm³/mol. The summed E-state index contributed by atoms with van der Waals surface area (Å²) in [6.45, 7) is 0.884. The van der Waals surface area contributed by atoms with Crippen molar-refractivity contribution < 1.29 is 19.6 Å². The van der Waals surface area contributed by atoms with Gasteiger partial charge >= 0.3 is 5.97 Å². The summed E-state index contributed by atoms with van der Waals surface area (Å²) < 4.78 is 0. The molecular weight excluding hydrogens is 422 g/mol. The maximum Gasteiger partial charge on any atom is 0.306 e. The molecule has 0 bridgehead atoms. The number of nitrogens with zero attached hydrogens (tertiary/aromatic N) is 2. The molecule has 1 aliphatic heterocycles. The molecule has 1 aliphatic rings. The molecule has 0 spiro atoms. The number of anilines is 3. The Morgan fingerprint density at radius 3 is 2.12 bits per heavy atom. The summed E-state index contributed by atoms with van der Waals surface area (Å²) in [7, 11) is 0. The first kappa shape index (κ1) is 22.0. The van der Waals surface area contributed by atoms with Crippen LogP contribution in [0.15, 0.2) is 72.8 Å². The molecule has 8 nitrogen and oxygen atoms in total. The summed E-state index contributed by atoms with van der Waals surface area (Å²) in [6, 6.07) is 20.9. The first-order valence-corrected chi connectivity index (χ1v) is 10.7. The third-order valence-electron chi connectivity index (χ3n) is 5.83. The molecule has 1 saturated heterocycles. The Morgan fingerprint density at radius 2 is 1.52 bits per heavy atom. The molecule has 0 saturated carbocycles. The fraction of sp³-hybridized carbons (Fsp3) is 0.200. The van der Waals surface area contributed by atoms with Gasteiger partial charge in [-0.15, -0.1) is 0 Å². The van der Waals surface area contributed by atoms with E-state index >= 15 is 0 Å². The fourth-order valence-corrected chi connectivity index (χ4v) is 4.00. The van der Waals surface area contributed by atoms with Crippen LogP contribution in [-0.4, -0.2) is 34.9 Å². The minimum absolute atomic E-state index is 0.0156. The summed E-state index contributed by atoms with van der Waals surface area (Å²) in [5.41, 5.74) is 3.03. The van der Waals surface area contributed by atoms with Crippen LogP contribution in [0.2, 0.25) is 0 Å². The lowest BCUT2D eigenvalue weighted by molar-refractivity contribution is -0.384. The minimum atomic E-state index is -0.825. The average molecular weight is 445 g/mol. The van der Waals surface area contributed by atoms with Crippen molar-refractivity contribution in [1.29, 1.82) is 0 Å². The summed E-state index contributed by atoms with van der Waals surface area (Å²) in [4.78, 5) is 36.8. The summed E-state index contributed by atoms with van der Waals surface area (Å²) >= 11 is 0. The highest BCUT2D eigenvalue weighted by Gasteiger charge is 2.28. The molecular formula is C25H23N3O5. The van der Waals surface area contributed by atoms with Gasteiger partial charge in [-0.1, -0.05) is 30.3 Å². The Balaban J connectivity index is 1.51. The lowest BCUT2D eigenvalue weighted by atomic mass is 9.96. The number of benzene rings is 3. The van der Waals surface area contributed by atoms with Gasteiger partial charge in [0.2, 0.25) is 0 Å². The van der Waals surface area contributed by atoms with Crippen molar-refractivity contribution in [3.8, 4) is 0 Å². The van der Waals surface area contributed by atoms with E-state index in [4.69, 9.17) is 0 Å². The van der Waals surface area contributed by atoms with Gasteiger partial charge in [-0.25, -0.2) is 0 Å². The van der Waals surface area contributed by atoms with Crippen LogP contribution in [0.5, 0.6) is 0 Å². The molecule has 3 aromatic carbocycles. The van der Waals surface area contributed by atoms with Gasteiger partial charge < -0.3 is 15.3 Å². The largest absolute Gasteiger partial charge is 0.481 e. The third-order valence-corrected chi connectivity index (χ3v) is 5.83. The van der Waals surface area contributed by atoms with E-state index in [0.717, 1.165) is 5.69 Å². The molecule has 2 N–H and O–H groups in total. The second-order valence-corrected chi connectivity index (χ2v) is 7.96. The minimum Gasteiger partial charge on any atom is -0.481 e. The summed E-state index contributed by atoms with van der Waals surface area (Å²) in [5, 5.41) is 24.0. The van der Waals surface area contributed by atoms with Crippen molar-refractivity contribution in [2.24, 2.45) is 5.92 Å². The molecule has 3 aromatic rings. The number of carbonyl (C=O) groups is 2. The Kier molecular flexibility index (Phi) is 6.35. The number of hydrogen-bond donors (Lipinski definition) is 2. The first-order valence-electron chi connectivity index (χ1n) is 10.7. The maximum atomic E-state index is 12.6. The maximum absolute atomic E-state index is 12.6. The standard InChI is InChI=1S/C25H23N3O5/c29-24(17-4-2-1-3-5-17)18-6-8-20(9-7-18)26-21-10-11-22(28(32)33)23(16-21)27-14-12-19(13-15-27)25(30)31/h1-11,16,19,26H,12-15H2,(H,30,31). The topological polar surface area (TPSA) is 113 Å². The van der Waals surface area contributed by atoms with Crippen LogP contribution < -0.4 is 10.2 Å². The van der Waals surface area contributed by atoms with E-state index in [9.17, 15) is 24.8 Å². The third kappa shape index (κ3) is 5.01. The number of carbonyl (C=O) groups excluding carboxylic acids is 1. The highest BCUT2D eigenvalue weighted by molar-refractivity contribution is 6.09. The quantitative estimate of drug-likeness (QED) is 0.303. The Labute approximate surface area is 190 Å². The number of piperidine rings is 1. The van der Waals surface area contributed by atoms with Gasteiger partial charge in [0.25, 0.3) is 5.69 Å². The second-order valence-electron chi connectivity index (χ2n) is 7.96. The zero-order valence-corrected chi connectivity index (χ0v) is 17.8. The van der Waals surface area contributed by atoms with Crippen molar-refractivity contribution >= 4 is 34.5 Å². The molecule has 0 radical (unpaired) electrons. The van der Waals surface area contributed by atoms with Crippen LogP contribution in [0.4, 0.5) is 22.7 Å². The molecule has 4 rings (SSSR count). The first-order chi connectivity index (χ1) is 15.9. The number of hydrogen-bond acceptors (Lipinski definition) is 6. The van der Waals surface area contributed by atoms with Gasteiger partial charge in [0.15, 0.2) is 5.78 Å². The number of nitrogens with one attached hydrogen (secondary N) is 1. The van der Waals surface area contributed by atoms with E-state index in [1.807, 2.05) is 23.1 Å². The van der Waals surface area contributed by atoms with E-state index in [-0.39, 0.29) is 11.5 Å². The number of nitro groups is 1. The molecule has 8 heteroatoms. The number of ketones is 1. The lowest BCUT2D eigenvalue weighted by Gasteiger charge is -2.31. The van der Waals surface area contributed by atoms with Crippen molar-refractivity contribution in [3.05, 3.63) is 94.0 Å². The van der Waals surface area contributed by atoms with Gasteiger partial charge in [-0.05, 0) is 49.2 Å². The zero-order valence-electron chi connectivity index (χ0n) is 17.8. The van der Waals surface area contributed by atoms with Gasteiger partial charge in [0.1, 0.15) is 5.69 Å². The molecule has 0 amide bonds. The molecule has 0 atom stereocenters. The van der Waals surface area contributed by atoms with E-state index < -0.39 is 16.8 Å². The molecule has 33 heavy (non-hydrogen) atoms. The Hall–Kier alpha value is -4.20. The zero-order chi connectivity index (χ0) is 23.4. The summed E-state index contributed by atoms with van der Waals surface area (Å²) in [5.74, 6) is -1.31. The highest BCUT2D eigenvalue weighted by Crippen LogP contribution is 2.35. The van der Waals surface area contributed by atoms with Gasteiger partial charge in [-0.2, -0.15) is 0 Å². The number of carboxylic acids is 1. The molecule has 168 valence electrons. The molecule has 1 heterocycles. The number of rotatable bonds is 7. The van der Waals surface area contributed by atoms with Crippen LogP contribution in [0.25, 0.3) is 0 Å². The van der Waals surface area contributed by atoms with Crippen molar-refractivity contribution in [2.75, 3.05) is 23.3 Å². The van der Waals surface area contributed by atoms with Crippen LogP contribution in [0.3, 0.4) is 0 Å². The van der Waals surface area contributed by atoms with Crippen LogP contribution >= 0.6 is 0 Å². The Bertz CT molecular complexity index is 1170. The van der Waals surface area contributed by atoms with Gasteiger partial charge in [0, 0.05) is 41.7 Å². The van der Waals surface area contributed by atoms with E-state index in [1.54, 1.807) is 48.5 Å². The van der Waals surface area contributed by atoms with Crippen LogP contribution in [-0.2, 0) is 4.79 Å².